The van der Waals surface area contributed by atoms with Gasteiger partial charge in [0.15, 0.2) is 0 Å². The Morgan fingerprint density at radius 3 is 2.71 bits per heavy atom. The van der Waals surface area contributed by atoms with Crippen molar-refractivity contribution in [3.05, 3.63) is 30.0 Å². The number of hydrogen-bond acceptors (Lipinski definition) is 3. The summed E-state index contributed by atoms with van der Waals surface area (Å²) < 4.78 is 11.1. The minimum absolute atomic E-state index is 0. The molecule has 3 heteroatoms. The van der Waals surface area contributed by atoms with E-state index in [0.29, 0.717) is 6.54 Å². The number of ether oxygens (including phenoxy) is 1. The Hall–Kier alpha value is -1.48. The molecule has 3 nitrogen and oxygen atoms in total. The lowest BCUT2D eigenvalue weighted by Crippen LogP contribution is -2.22. The molecule has 0 fully saturated rings. The maximum atomic E-state index is 5.60. The largest absolute Gasteiger partial charge is 0.489 e. The van der Waals surface area contributed by atoms with Crippen LogP contribution in [0, 0.1) is 6.92 Å². The van der Waals surface area contributed by atoms with Crippen molar-refractivity contribution in [2.45, 2.75) is 33.8 Å². The van der Waals surface area contributed by atoms with E-state index >= 15 is 0 Å². The van der Waals surface area contributed by atoms with Crippen LogP contribution in [-0.2, 0) is 0 Å². The summed E-state index contributed by atoms with van der Waals surface area (Å²) in [5, 5.41) is 1.10. The van der Waals surface area contributed by atoms with Crippen LogP contribution in [0.15, 0.2) is 28.7 Å². The van der Waals surface area contributed by atoms with Crippen molar-refractivity contribution in [1.82, 2.24) is 0 Å². The number of furan rings is 1. The lowest BCUT2D eigenvalue weighted by molar-refractivity contribution is 0.230. The molecule has 0 spiro atoms. The molecule has 0 saturated carbocycles. The predicted molar refractivity (Wildman–Crippen MR) is 73.6 cm³/mol. The minimum Gasteiger partial charge on any atom is -0.489 e. The SMILES string of the molecule is CC.Cc1cc2ccc(OC(C)CN)cc2o1.[HH]. The molecular weight excluding hydrogens is 214 g/mol. The first-order chi connectivity index (χ1) is 8.19. The van der Waals surface area contributed by atoms with Crippen LogP contribution in [0.2, 0.25) is 0 Å². The smallest absolute Gasteiger partial charge is 0.137 e. The number of nitrogens with two attached hydrogens (primary N) is 1. The Morgan fingerprint density at radius 2 is 2.06 bits per heavy atom. The van der Waals surface area contributed by atoms with Crippen molar-refractivity contribution < 1.29 is 10.6 Å². The molecule has 2 N–H and O–H groups in total. The van der Waals surface area contributed by atoms with E-state index in [9.17, 15) is 0 Å². The Bertz CT molecular complexity index is 468. The minimum atomic E-state index is 0. The van der Waals surface area contributed by atoms with Gasteiger partial charge in [-0.3, -0.25) is 0 Å². The highest BCUT2D eigenvalue weighted by molar-refractivity contribution is 5.79. The Morgan fingerprint density at radius 1 is 1.35 bits per heavy atom. The van der Waals surface area contributed by atoms with E-state index < -0.39 is 0 Å². The van der Waals surface area contributed by atoms with Crippen LogP contribution in [0.3, 0.4) is 0 Å². The Balaban J connectivity index is 0.000000917. The molecule has 0 saturated heterocycles. The molecule has 0 aliphatic rings. The molecule has 17 heavy (non-hydrogen) atoms. The molecule has 0 aliphatic carbocycles. The van der Waals surface area contributed by atoms with E-state index in [-0.39, 0.29) is 7.53 Å². The molecule has 0 amide bonds. The molecule has 1 unspecified atom stereocenters. The Labute approximate surface area is 104 Å². The number of hydrogen-bond donors (Lipinski definition) is 1. The monoisotopic (exact) mass is 237 g/mol. The summed E-state index contributed by atoms with van der Waals surface area (Å²) in [4.78, 5) is 0. The highest BCUT2D eigenvalue weighted by atomic mass is 16.5. The molecule has 1 aromatic carbocycles. The zero-order valence-corrected chi connectivity index (χ0v) is 11.0. The van der Waals surface area contributed by atoms with Crippen molar-refractivity contribution in [2.75, 3.05) is 6.54 Å². The number of rotatable bonds is 3. The first-order valence-electron chi connectivity index (χ1n) is 6.06. The van der Waals surface area contributed by atoms with E-state index in [1.165, 1.54) is 0 Å². The standard InChI is InChI=1S/C12H15NO2.C2H6.H2/c1-8-5-10-3-4-11(6-12(10)15-8)14-9(2)7-13;1-2;/h3-6,9H,7,13H2,1-2H3;1-2H3;1H. The molecule has 2 rings (SSSR count). The normalized spacial score (nSPS) is 11.8. The van der Waals surface area contributed by atoms with Gasteiger partial charge in [0, 0.05) is 19.4 Å². The number of aryl methyl sites for hydroxylation is 1. The van der Waals surface area contributed by atoms with Gasteiger partial charge in [-0.25, -0.2) is 0 Å². The van der Waals surface area contributed by atoms with Gasteiger partial charge in [-0.2, -0.15) is 0 Å². The van der Waals surface area contributed by atoms with Crippen LogP contribution in [0.1, 0.15) is 28.0 Å². The summed E-state index contributed by atoms with van der Waals surface area (Å²) in [7, 11) is 0. The zero-order valence-electron chi connectivity index (χ0n) is 11.0. The first kappa shape index (κ1) is 13.6. The predicted octanol–water partition coefficient (Wildman–Crippen LogP) is 3.74. The van der Waals surface area contributed by atoms with Gasteiger partial charge in [0.05, 0.1) is 0 Å². The molecule has 0 bridgehead atoms. The lowest BCUT2D eigenvalue weighted by Gasteiger charge is -2.11. The molecule has 1 aromatic heterocycles. The third-order valence-corrected chi connectivity index (χ3v) is 2.28. The summed E-state index contributed by atoms with van der Waals surface area (Å²) >= 11 is 0. The second-order valence-electron chi connectivity index (χ2n) is 3.72. The summed E-state index contributed by atoms with van der Waals surface area (Å²) in [5.74, 6) is 1.71. The van der Waals surface area contributed by atoms with Gasteiger partial charge in [-0.1, -0.05) is 13.8 Å². The van der Waals surface area contributed by atoms with Gasteiger partial charge in [0.25, 0.3) is 0 Å². The second-order valence-corrected chi connectivity index (χ2v) is 3.72. The van der Waals surface area contributed by atoms with Gasteiger partial charge >= 0.3 is 0 Å². The van der Waals surface area contributed by atoms with Crippen LogP contribution < -0.4 is 10.5 Å². The summed E-state index contributed by atoms with van der Waals surface area (Å²) in [6.45, 7) is 8.38. The van der Waals surface area contributed by atoms with Gasteiger partial charge in [0.1, 0.15) is 23.2 Å². The van der Waals surface area contributed by atoms with E-state index in [2.05, 4.69) is 0 Å². The molecule has 0 radical (unpaired) electrons. The van der Waals surface area contributed by atoms with Crippen molar-refractivity contribution in [3.63, 3.8) is 0 Å². The van der Waals surface area contributed by atoms with E-state index in [4.69, 9.17) is 14.9 Å². The molecular formula is C14H23NO2. The fraction of sp³-hybridized carbons (Fsp3) is 0.429. The zero-order chi connectivity index (χ0) is 12.8. The molecule has 1 atom stereocenters. The molecule has 2 aromatic rings. The average molecular weight is 237 g/mol. The fourth-order valence-corrected chi connectivity index (χ4v) is 1.50. The highest BCUT2D eigenvalue weighted by Gasteiger charge is 2.04. The van der Waals surface area contributed by atoms with Crippen LogP contribution in [0.5, 0.6) is 5.75 Å². The van der Waals surface area contributed by atoms with Gasteiger partial charge in [-0.05, 0) is 32.0 Å². The van der Waals surface area contributed by atoms with E-state index in [1.807, 2.05) is 52.0 Å². The maximum Gasteiger partial charge on any atom is 0.137 e. The number of benzene rings is 1. The van der Waals surface area contributed by atoms with E-state index in [0.717, 1.165) is 22.5 Å². The van der Waals surface area contributed by atoms with Gasteiger partial charge in [-0.15, -0.1) is 0 Å². The molecule has 1 heterocycles. The topological polar surface area (TPSA) is 48.4 Å². The lowest BCUT2D eigenvalue weighted by atomic mass is 10.2. The quantitative estimate of drug-likeness (QED) is 0.884. The summed E-state index contributed by atoms with van der Waals surface area (Å²) in [5.41, 5.74) is 6.34. The Kier molecular flexibility index (Phi) is 5.04. The summed E-state index contributed by atoms with van der Waals surface area (Å²) in [6, 6.07) is 7.83. The fourth-order valence-electron chi connectivity index (χ4n) is 1.50. The highest BCUT2D eigenvalue weighted by Crippen LogP contribution is 2.24. The first-order valence-corrected chi connectivity index (χ1v) is 6.06. The third-order valence-electron chi connectivity index (χ3n) is 2.28. The molecule has 0 aliphatic heterocycles. The van der Waals surface area contributed by atoms with Crippen molar-refractivity contribution in [3.8, 4) is 5.75 Å². The molecule has 96 valence electrons. The van der Waals surface area contributed by atoms with Crippen molar-refractivity contribution >= 4 is 11.0 Å². The average Bonchev–Trinajstić information content (AvgIpc) is 2.71. The van der Waals surface area contributed by atoms with Crippen LogP contribution in [0.25, 0.3) is 11.0 Å². The van der Waals surface area contributed by atoms with Crippen LogP contribution >= 0.6 is 0 Å². The summed E-state index contributed by atoms with van der Waals surface area (Å²) in [6.07, 6.45) is 0.0264. The number of fused-ring (bicyclic) bond motifs is 1. The van der Waals surface area contributed by atoms with E-state index in [1.54, 1.807) is 0 Å². The second kappa shape index (κ2) is 6.30. The van der Waals surface area contributed by atoms with Crippen LogP contribution in [0.4, 0.5) is 0 Å². The van der Waals surface area contributed by atoms with Gasteiger partial charge < -0.3 is 14.9 Å². The maximum absolute atomic E-state index is 5.60. The van der Waals surface area contributed by atoms with Gasteiger partial charge in [0.2, 0.25) is 0 Å². The third kappa shape index (κ3) is 3.49. The van der Waals surface area contributed by atoms with Crippen LogP contribution in [-0.4, -0.2) is 12.6 Å². The van der Waals surface area contributed by atoms with Crippen molar-refractivity contribution in [2.24, 2.45) is 5.73 Å². The van der Waals surface area contributed by atoms with Crippen molar-refractivity contribution in [1.29, 1.82) is 0 Å².